The Morgan fingerprint density at radius 3 is 2.57 bits per heavy atom. The van der Waals surface area contributed by atoms with Crippen molar-refractivity contribution in [1.29, 1.82) is 0 Å². The first-order valence-electron chi connectivity index (χ1n) is 7.14. The zero-order valence-corrected chi connectivity index (χ0v) is 12.2. The molecule has 3 nitrogen and oxygen atoms in total. The molecule has 1 heterocycles. The summed E-state index contributed by atoms with van der Waals surface area (Å²) < 4.78 is 13.4. The van der Waals surface area contributed by atoms with Gasteiger partial charge in [0.1, 0.15) is 11.9 Å². The maximum Gasteiger partial charge on any atom is 0.193 e. The lowest BCUT2D eigenvalue weighted by atomic mass is 9.94. The van der Waals surface area contributed by atoms with E-state index in [2.05, 4.69) is 4.98 Å². The molecule has 1 unspecified atom stereocenters. The molecule has 0 radical (unpaired) electrons. The number of halogens is 1. The summed E-state index contributed by atoms with van der Waals surface area (Å²) in [6.45, 7) is 0. The second-order valence-corrected chi connectivity index (χ2v) is 5.12. The van der Waals surface area contributed by atoms with Crippen molar-refractivity contribution in [1.82, 2.24) is 4.98 Å². The number of carbonyl (C=O) groups is 1. The number of nitrogens with zero attached hydrogens (tertiary/aromatic N) is 1. The Morgan fingerprint density at radius 2 is 1.83 bits per heavy atom. The predicted molar refractivity (Wildman–Crippen MR) is 84.6 cm³/mol. The van der Waals surface area contributed by atoms with Gasteiger partial charge in [0.15, 0.2) is 5.78 Å². The molecule has 1 atom stereocenters. The molecule has 1 N–H and O–H groups in total. The Kier molecular flexibility index (Phi) is 4.26. The van der Waals surface area contributed by atoms with Crippen LogP contribution in [0.5, 0.6) is 0 Å². The maximum atomic E-state index is 13.4. The van der Waals surface area contributed by atoms with Crippen LogP contribution in [0.3, 0.4) is 0 Å². The quantitative estimate of drug-likeness (QED) is 0.750. The molecule has 0 aliphatic carbocycles. The SMILES string of the molecule is O=C(c1ccccc1)c1ccncc1C(O)c1cccc(F)c1. The van der Waals surface area contributed by atoms with Gasteiger partial charge in [0.25, 0.3) is 0 Å². The molecule has 0 bridgehead atoms. The van der Waals surface area contributed by atoms with Crippen LogP contribution in [0.2, 0.25) is 0 Å². The van der Waals surface area contributed by atoms with Crippen LogP contribution in [-0.2, 0) is 0 Å². The van der Waals surface area contributed by atoms with E-state index in [9.17, 15) is 14.3 Å². The topological polar surface area (TPSA) is 50.2 Å². The molecular formula is C19H14FNO2. The fraction of sp³-hybridized carbons (Fsp3) is 0.0526. The van der Waals surface area contributed by atoms with Crippen LogP contribution in [0.15, 0.2) is 73.1 Å². The Hall–Kier alpha value is -2.85. The molecule has 0 aliphatic heterocycles. The molecule has 0 amide bonds. The van der Waals surface area contributed by atoms with Crippen molar-refractivity contribution < 1.29 is 14.3 Å². The lowest BCUT2D eigenvalue weighted by Gasteiger charge is -2.15. The van der Waals surface area contributed by atoms with E-state index in [1.807, 2.05) is 6.07 Å². The number of carbonyl (C=O) groups excluding carboxylic acids is 1. The van der Waals surface area contributed by atoms with E-state index < -0.39 is 11.9 Å². The molecule has 4 heteroatoms. The molecular weight excluding hydrogens is 293 g/mol. The van der Waals surface area contributed by atoms with Crippen LogP contribution >= 0.6 is 0 Å². The van der Waals surface area contributed by atoms with E-state index in [0.29, 0.717) is 22.3 Å². The summed E-state index contributed by atoms with van der Waals surface area (Å²) in [7, 11) is 0. The molecule has 0 saturated carbocycles. The van der Waals surface area contributed by atoms with Crippen molar-refractivity contribution in [2.24, 2.45) is 0 Å². The third kappa shape index (κ3) is 3.17. The summed E-state index contributed by atoms with van der Waals surface area (Å²) in [4.78, 5) is 16.6. The largest absolute Gasteiger partial charge is 0.384 e. The number of pyridine rings is 1. The molecule has 114 valence electrons. The highest BCUT2D eigenvalue weighted by Gasteiger charge is 2.20. The van der Waals surface area contributed by atoms with Crippen molar-refractivity contribution in [2.75, 3.05) is 0 Å². The van der Waals surface area contributed by atoms with E-state index in [0.717, 1.165) is 0 Å². The van der Waals surface area contributed by atoms with Crippen molar-refractivity contribution in [3.8, 4) is 0 Å². The van der Waals surface area contributed by atoms with Crippen LogP contribution in [0.1, 0.15) is 33.2 Å². The van der Waals surface area contributed by atoms with Gasteiger partial charge in [-0.15, -0.1) is 0 Å². The molecule has 0 fully saturated rings. The first-order valence-corrected chi connectivity index (χ1v) is 7.14. The Balaban J connectivity index is 2.03. The first kappa shape index (κ1) is 15.1. The molecule has 2 aromatic carbocycles. The summed E-state index contributed by atoms with van der Waals surface area (Å²) in [5.74, 6) is -0.653. The van der Waals surface area contributed by atoms with Gasteiger partial charge in [0.05, 0.1) is 0 Å². The van der Waals surface area contributed by atoms with Crippen LogP contribution < -0.4 is 0 Å². The van der Waals surface area contributed by atoms with Crippen LogP contribution in [0.4, 0.5) is 4.39 Å². The van der Waals surface area contributed by atoms with E-state index in [1.54, 1.807) is 36.4 Å². The average Bonchev–Trinajstić information content (AvgIpc) is 2.61. The molecule has 3 aromatic rings. The van der Waals surface area contributed by atoms with Gasteiger partial charge in [-0.2, -0.15) is 0 Å². The number of hydrogen-bond donors (Lipinski definition) is 1. The van der Waals surface area contributed by atoms with E-state index in [1.165, 1.54) is 30.6 Å². The van der Waals surface area contributed by atoms with E-state index in [-0.39, 0.29) is 5.78 Å². The summed E-state index contributed by atoms with van der Waals surface area (Å²) >= 11 is 0. The van der Waals surface area contributed by atoms with E-state index >= 15 is 0 Å². The zero-order valence-electron chi connectivity index (χ0n) is 12.2. The summed E-state index contributed by atoms with van der Waals surface area (Å²) in [5.41, 5.74) is 1.60. The van der Waals surface area contributed by atoms with Crippen LogP contribution in [-0.4, -0.2) is 15.9 Å². The number of ketones is 1. The van der Waals surface area contributed by atoms with Gasteiger partial charge in [0, 0.05) is 29.1 Å². The number of hydrogen-bond acceptors (Lipinski definition) is 3. The van der Waals surface area contributed by atoms with Gasteiger partial charge in [-0.1, -0.05) is 42.5 Å². The number of rotatable bonds is 4. The predicted octanol–water partition coefficient (Wildman–Crippen LogP) is 3.53. The lowest BCUT2D eigenvalue weighted by Crippen LogP contribution is -2.10. The highest BCUT2D eigenvalue weighted by molar-refractivity contribution is 6.09. The normalized spacial score (nSPS) is 11.9. The number of aromatic nitrogens is 1. The monoisotopic (exact) mass is 307 g/mol. The van der Waals surface area contributed by atoms with Gasteiger partial charge in [-0.3, -0.25) is 9.78 Å². The minimum absolute atomic E-state index is 0.210. The molecule has 23 heavy (non-hydrogen) atoms. The molecule has 0 saturated heterocycles. The second kappa shape index (κ2) is 6.50. The Morgan fingerprint density at radius 1 is 1.04 bits per heavy atom. The van der Waals surface area contributed by atoms with Gasteiger partial charge in [0.2, 0.25) is 0 Å². The lowest BCUT2D eigenvalue weighted by molar-refractivity contribution is 0.103. The summed E-state index contributed by atoms with van der Waals surface area (Å²) in [6.07, 6.45) is 1.81. The van der Waals surface area contributed by atoms with Crippen molar-refractivity contribution in [3.05, 3.63) is 101 Å². The second-order valence-electron chi connectivity index (χ2n) is 5.12. The van der Waals surface area contributed by atoms with Crippen molar-refractivity contribution in [3.63, 3.8) is 0 Å². The van der Waals surface area contributed by atoms with Gasteiger partial charge >= 0.3 is 0 Å². The fourth-order valence-electron chi connectivity index (χ4n) is 2.43. The fourth-order valence-corrected chi connectivity index (χ4v) is 2.43. The average molecular weight is 307 g/mol. The highest BCUT2D eigenvalue weighted by Crippen LogP contribution is 2.26. The van der Waals surface area contributed by atoms with Crippen molar-refractivity contribution >= 4 is 5.78 Å². The van der Waals surface area contributed by atoms with Gasteiger partial charge in [-0.05, 0) is 23.8 Å². The molecule has 0 aliphatic rings. The third-order valence-electron chi connectivity index (χ3n) is 3.59. The smallest absolute Gasteiger partial charge is 0.193 e. The molecule has 0 spiro atoms. The first-order chi connectivity index (χ1) is 11.2. The molecule has 3 rings (SSSR count). The number of aliphatic hydroxyl groups is 1. The summed E-state index contributed by atoms with van der Waals surface area (Å²) in [5, 5.41) is 10.5. The summed E-state index contributed by atoms with van der Waals surface area (Å²) in [6, 6.07) is 16.0. The maximum absolute atomic E-state index is 13.4. The van der Waals surface area contributed by atoms with Crippen molar-refractivity contribution in [2.45, 2.75) is 6.10 Å². The Bertz CT molecular complexity index is 834. The zero-order chi connectivity index (χ0) is 16.2. The number of benzene rings is 2. The minimum atomic E-state index is -1.12. The number of aliphatic hydroxyl groups excluding tert-OH is 1. The van der Waals surface area contributed by atoms with Crippen LogP contribution in [0, 0.1) is 5.82 Å². The Labute approximate surface area is 133 Å². The molecule has 1 aromatic heterocycles. The third-order valence-corrected chi connectivity index (χ3v) is 3.59. The standard InChI is InChI=1S/C19H14FNO2/c20-15-8-4-7-14(11-15)19(23)17-12-21-10-9-16(17)18(22)13-5-2-1-3-6-13/h1-12,19,23H. The van der Waals surface area contributed by atoms with Gasteiger partial charge in [-0.25, -0.2) is 4.39 Å². The minimum Gasteiger partial charge on any atom is -0.384 e. The van der Waals surface area contributed by atoms with Crippen LogP contribution in [0.25, 0.3) is 0 Å². The van der Waals surface area contributed by atoms with E-state index in [4.69, 9.17) is 0 Å². The van der Waals surface area contributed by atoms with Gasteiger partial charge < -0.3 is 5.11 Å². The highest BCUT2D eigenvalue weighted by atomic mass is 19.1.